The van der Waals surface area contributed by atoms with Gasteiger partial charge in [0, 0.05) is 6.04 Å². The summed E-state index contributed by atoms with van der Waals surface area (Å²) in [5, 5.41) is 7.10. The highest BCUT2D eigenvalue weighted by molar-refractivity contribution is 7.20. The van der Waals surface area contributed by atoms with Crippen molar-refractivity contribution in [3.63, 3.8) is 0 Å². The lowest BCUT2D eigenvalue weighted by atomic mass is 9.95. The van der Waals surface area contributed by atoms with Crippen molar-refractivity contribution >= 4 is 33.3 Å². The summed E-state index contributed by atoms with van der Waals surface area (Å²) >= 11 is 1.43. The summed E-state index contributed by atoms with van der Waals surface area (Å²) in [6.45, 7) is 2.78. The first-order valence-electron chi connectivity index (χ1n) is 11.1. The molecule has 7 heteroatoms. The number of methoxy groups -OCH3 is 1. The molecule has 0 atom stereocenters. The monoisotopic (exact) mass is 417 g/mol. The molecule has 2 saturated carbocycles. The molecule has 0 aromatic carbocycles. The van der Waals surface area contributed by atoms with E-state index in [2.05, 4.69) is 10.6 Å². The van der Waals surface area contributed by atoms with Gasteiger partial charge in [-0.15, -0.1) is 11.3 Å². The molecule has 2 heterocycles. The van der Waals surface area contributed by atoms with E-state index in [0.29, 0.717) is 17.0 Å². The lowest BCUT2D eigenvalue weighted by Crippen LogP contribution is -2.88. The van der Waals surface area contributed by atoms with Gasteiger partial charge >= 0.3 is 5.97 Å². The number of hydrogen-bond donors (Lipinski definition) is 2. The van der Waals surface area contributed by atoms with Crippen molar-refractivity contribution in [3.05, 3.63) is 16.3 Å². The SMILES string of the molecule is COC(=O)c1sc2nc(C[NH2+]C3CCCCC3)nc(NC3CCCCC3)c2c1C. The molecule has 29 heavy (non-hydrogen) atoms. The van der Waals surface area contributed by atoms with E-state index in [-0.39, 0.29) is 5.97 Å². The fraction of sp³-hybridized carbons (Fsp3) is 0.682. The normalized spacial score (nSPS) is 18.8. The number of nitrogens with two attached hydrogens (primary N) is 1. The number of nitrogens with zero attached hydrogens (tertiary/aromatic N) is 2. The molecule has 3 N–H and O–H groups in total. The zero-order valence-electron chi connectivity index (χ0n) is 17.6. The van der Waals surface area contributed by atoms with E-state index in [1.807, 2.05) is 6.92 Å². The lowest BCUT2D eigenvalue weighted by Gasteiger charge is -2.24. The van der Waals surface area contributed by atoms with E-state index in [1.165, 1.54) is 82.7 Å². The second kappa shape index (κ2) is 9.39. The number of hydrogen-bond acceptors (Lipinski definition) is 6. The Balaban J connectivity index is 1.63. The molecule has 0 unspecified atom stereocenters. The first kappa shape index (κ1) is 20.5. The number of anilines is 1. The molecule has 6 nitrogen and oxygen atoms in total. The number of carbonyl (C=O) groups is 1. The van der Waals surface area contributed by atoms with Crippen LogP contribution < -0.4 is 10.6 Å². The molecule has 0 radical (unpaired) electrons. The third-order valence-corrected chi connectivity index (χ3v) is 7.60. The minimum Gasteiger partial charge on any atom is -0.465 e. The molecular weight excluding hydrogens is 384 g/mol. The number of aryl methyl sites for hydroxylation is 1. The quantitative estimate of drug-likeness (QED) is 0.696. The third kappa shape index (κ3) is 4.72. The summed E-state index contributed by atoms with van der Waals surface area (Å²) in [5.74, 6) is 1.47. The topological polar surface area (TPSA) is 80.7 Å². The van der Waals surface area contributed by atoms with Crippen LogP contribution in [-0.2, 0) is 11.3 Å². The highest BCUT2D eigenvalue weighted by Gasteiger charge is 2.24. The number of thiophene rings is 1. The molecule has 0 bridgehead atoms. The van der Waals surface area contributed by atoms with E-state index in [9.17, 15) is 4.79 Å². The standard InChI is InChI=1S/C22H32N4O2S/c1-14-18-20(24-16-11-7-4-8-12-16)25-17(13-23-15-9-5-3-6-10-15)26-21(18)29-19(14)22(27)28-2/h15-16,23H,3-13H2,1-2H3,(H,24,25,26)/p+1. The van der Waals surface area contributed by atoms with Gasteiger partial charge in [-0.25, -0.2) is 14.8 Å². The number of rotatable bonds is 6. The molecule has 2 aromatic rings. The van der Waals surface area contributed by atoms with Gasteiger partial charge in [-0.2, -0.15) is 0 Å². The maximum absolute atomic E-state index is 12.2. The van der Waals surface area contributed by atoms with Crippen LogP contribution in [0.15, 0.2) is 0 Å². The zero-order chi connectivity index (χ0) is 20.2. The Morgan fingerprint density at radius 2 is 1.79 bits per heavy atom. The number of esters is 1. The van der Waals surface area contributed by atoms with Crippen molar-refractivity contribution in [2.24, 2.45) is 0 Å². The molecule has 2 fully saturated rings. The van der Waals surface area contributed by atoms with Crippen LogP contribution in [0.4, 0.5) is 5.82 Å². The van der Waals surface area contributed by atoms with Crippen LogP contribution in [0.1, 0.15) is 85.3 Å². The van der Waals surface area contributed by atoms with Gasteiger partial charge in [-0.3, -0.25) is 0 Å². The maximum Gasteiger partial charge on any atom is 0.348 e. The summed E-state index contributed by atoms with van der Waals surface area (Å²) in [5.41, 5.74) is 0.929. The van der Waals surface area contributed by atoms with Crippen LogP contribution in [0.25, 0.3) is 10.2 Å². The summed E-state index contributed by atoms with van der Waals surface area (Å²) in [4.78, 5) is 23.5. The molecule has 0 amide bonds. The first-order chi connectivity index (χ1) is 14.2. The van der Waals surface area contributed by atoms with Gasteiger partial charge < -0.3 is 15.4 Å². The number of carbonyl (C=O) groups excluding carboxylic acids is 1. The largest absolute Gasteiger partial charge is 0.465 e. The van der Waals surface area contributed by atoms with E-state index in [4.69, 9.17) is 14.7 Å². The predicted octanol–water partition coefficient (Wildman–Crippen LogP) is 3.93. The second-order valence-corrected chi connectivity index (χ2v) is 9.53. The van der Waals surface area contributed by atoms with Gasteiger partial charge in [0.1, 0.15) is 22.1 Å². The Morgan fingerprint density at radius 3 is 2.48 bits per heavy atom. The highest BCUT2D eigenvalue weighted by atomic mass is 32.1. The van der Waals surface area contributed by atoms with Crippen LogP contribution in [0.3, 0.4) is 0 Å². The molecule has 4 rings (SSSR count). The number of fused-ring (bicyclic) bond motifs is 1. The minimum atomic E-state index is -0.288. The van der Waals surface area contributed by atoms with E-state index in [1.54, 1.807) is 0 Å². The Bertz CT molecular complexity index is 854. The van der Waals surface area contributed by atoms with Gasteiger partial charge in [0.2, 0.25) is 0 Å². The lowest BCUT2D eigenvalue weighted by molar-refractivity contribution is -0.707. The van der Waals surface area contributed by atoms with Gasteiger partial charge in [0.05, 0.1) is 18.5 Å². The Morgan fingerprint density at radius 1 is 1.10 bits per heavy atom. The summed E-state index contributed by atoms with van der Waals surface area (Å²) in [7, 11) is 1.43. The molecular formula is C22H33N4O2S+. The molecule has 2 aliphatic rings. The summed E-state index contributed by atoms with van der Waals surface area (Å²) < 4.78 is 4.99. The second-order valence-electron chi connectivity index (χ2n) is 8.53. The molecule has 0 saturated heterocycles. The van der Waals surface area contributed by atoms with Crippen molar-refractivity contribution < 1.29 is 14.8 Å². The summed E-state index contributed by atoms with van der Waals surface area (Å²) in [6.07, 6.45) is 12.8. The summed E-state index contributed by atoms with van der Waals surface area (Å²) in [6, 6.07) is 1.14. The number of aromatic nitrogens is 2. The Hall–Kier alpha value is -1.73. The van der Waals surface area contributed by atoms with Gasteiger partial charge in [0.15, 0.2) is 5.82 Å². The minimum absolute atomic E-state index is 0.288. The van der Waals surface area contributed by atoms with Gasteiger partial charge in [0.25, 0.3) is 0 Å². The Labute approximate surface area is 176 Å². The van der Waals surface area contributed by atoms with Crippen molar-refractivity contribution in [1.29, 1.82) is 0 Å². The third-order valence-electron chi connectivity index (χ3n) is 6.44. The van der Waals surface area contributed by atoms with E-state index in [0.717, 1.165) is 34.0 Å². The number of quaternary nitrogens is 1. The highest BCUT2D eigenvalue weighted by Crippen LogP contribution is 2.35. The van der Waals surface area contributed by atoms with Crippen LogP contribution in [0, 0.1) is 6.92 Å². The fourth-order valence-electron chi connectivity index (χ4n) is 4.75. The predicted molar refractivity (Wildman–Crippen MR) is 116 cm³/mol. The van der Waals surface area contributed by atoms with E-state index < -0.39 is 0 Å². The molecule has 0 spiro atoms. The fourth-order valence-corrected chi connectivity index (χ4v) is 5.87. The van der Waals surface area contributed by atoms with Crippen molar-refractivity contribution in [2.75, 3.05) is 12.4 Å². The van der Waals surface area contributed by atoms with Crippen LogP contribution >= 0.6 is 11.3 Å². The van der Waals surface area contributed by atoms with Crippen molar-refractivity contribution in [1.82, 2.24) is 9.97 Å². The van der Waals surface area contributed by atoms with Gasteiger partial charge in [-0.1, -0.05) is 25.7 Å². The first-order valence-corrected chi connectivity index (χ1v) is 12.0. The number of nitrogens with one attached hydrogen (secondary N) is 1. The molecule has 0 aliphatic heterocycles. The van der Waals surface area contributed by atoms with Crippen LogP contribution in [-0.4, -0.2) is 35.1 Å². The molecule has 2 aliphatic carbocycles. The maximum atomic E-state index is 12.2. The molecule has 2 aromatic heterocycles. The van der Waals surface area contributed by atoms with E-state index >= 15 is 0 Å². The Kier molecular flexibility index (Phi) is 6.65. The van der Waals surface area contributed by atoms with Gasteiger partial charge in [-0.05, 0) is 51.0 Å². The van der Waals surface area contributed by atoms with Crippen molar-refractivity contribution in [2.45, 2.75) is 89.8 Å². The average molecular weight is 418 g/mol. The number of ether oxygens (including phenoxy) is 1. The van der Waals surface area contributed by atoms with Crippen LogP contribution in [0.5, 0.6) is 0 Å². The smallest absolute Gasteiger partial charge is 0.348 e. The van der Waals surface area contributed by atoms with Crippen molar-refractivity contribution in [3.8, 4) is 0 Å². The average Bonchev–Trinajstić information content (AvgIpc) is 3.10. The molecule has 158 valence electrons. The zero-order valence-corrected chi connectivity index (χ0v) is 18.4. The van der Waals surface area contributed by atoms with Crippen LogP contribution in [0.2, 0.25) is 0 Å².